The van der Waals surface area contributed by atoms with E-state index in [0.717, 1.165) is 31.5 Å². The average molecular weight is 431 g/mol. The summed E-state index contributed by atoms with van der Waals surface area (Å²) in [7, 11) is 1.61. The molecule has 0 saturated carbocycles. The van der Waals surface area contributed by atoms with Crippen LogP contribution >= 0.6 is 0 Å². The maximum absolute atomic E-state index is 11.3. The Morgan fingerprint density at radius 1 is 1.26 bits per heavy atom. The van der Waals surface area contributed by atoms with Crippen LogP contribution in [0.1, 0.15) is 39.2 Å². The van der Waals surface area contributed by atoms with E-state index in [4.69, 9.17) is 14.2 Å². The van der Waals surface area contributed by atoms with Crippen molar-refractivity contribution in [3.8, 4) is 23.3 Å². The molecule has 3 rings (SSSR count). The van der Waals surface area contributed by atoms with Gasteiger partial charge in [-0.1, -0.05) is 11.8 Å². The molecule has 31 heavy (non-hydrogen) atoms. The fraction of sp³-hybridized carbons (Fsp3) is 0.625. The molecule has 2 fully saturated rings. The summed E-state index contributed by atoms with van der Waals surface area (Å²) >= 11 is 0. The van der Waals surface area contributed by atoms with Gasteiger partial charge in [0.1, 0.15) is 30.8 Å². The third-order valence-electron chi connectivity index (χ3n) is 5.49. The summed E-state index contributed by atoms with van der Waals surface area (Å²) in [5, 5.41) is 13.4. The molecule has 2 saturated heterocycles. The number of hydrogen-bond acceptors (Lipinski definition) is 6. The number of carbonyl (C=O) groups excluding carboxylic acids is 1. The number of morpholine rings is 1. The van der Waals surface area contributed by atoms with Crippen molar-refractivity contribution in [2.45, 2.75) is 45.3 Å². The number of rotatable bonds is 6. The van der Waals surface area contributed by atoms with Crippen molar-refractivity contribution in [1.29, 1.82) is 0 Å². The molecule has 1 amide bonds. The minimum absolute atomic E-state index is 0.0503. The van der Waals surface area contributed by atoms with Gasteiger partial charge in [0.15, 0.2) is 0 Å². The number of aliphatic hydroxyl groups excluding tert-OH is 1. The summed E-state index contributed by atoms with van der Waals surface area (Å²) < 4.78 is 17.0. The number of amides is 1. The van der Waals surface area contributed by atoms with Gasteiger partial charge in [0.05, 0.1) is 12.7 Å². The molecule has 1 unspecified atom stereocenters. The molecule has 2 aliphatic heterocycles. The van der Waals surface area contributed by atoms with E-state index in [9.17, 15) is 9.90 Å². The molecule has 2 N–H and O–H groups in total. The molecule has 7 nitrogen and oxygen atoms in total. The van der Waals surface area contributed by atoms with Crippen LogP contribution in [-0.2, 0) is 9.53 Å². The van der Waals surface area contributed by atoms with E-state index < -0.39 is 6.10 Å². The highest BCUT2D eigenvalue weighted by Crippen LogP contribution is 2.28. The predicted octanol–water partition coefficient (Wildman–Crippen LogP) is 1.81. The number of nitrogens with one attached hydrogen (secondary N) is 1. The van der Waals surface area contributed by atoms with E-state index in [0.29, 0.717) is 24.6 Å². The van der Waals surface area contributed by atoms with Crippen LogP contribution in [0.5, 0.6) is 11.5 Å². The molecule has 1 atom stereocenters. The Morgan fingerprint density at radius 2 is 1.97 bits per heavy atom. The highest BCUT2D eigenvalue weighted by molar-refractivity contribution is 5.78. The first-order valence-corrected chi connectivity index (χ1v) is 10.8. The predicted molar refractivity (Wildman–Crippen MR) is 118 cm³/mol. The second kappa shape index (κ2) is 9.90. The summed E-state index contributed by atoms with van der Waals surface area (Å²) in [6.45, 7) is 9.25. The number of ether oxygens (including phenoxy) is 3. The second-order valence-corrected chi connectivity index (χ2v) is 9.41. The number of aliphatic hydroxyl groups is 1. The Labute approximate surface area is 185 Å². The molecule has 170 valence electrons. The van der Waals surface area contributed by atoms with Crippen LogP contribution in [0.4, 0.5) is 0 Å². The lowest BCUT2D eigenvalue weighted by atomic mass is 9.90. The van der Waals surface area contributed by atoms with Gasteiger partial charge in [-0.25, -0.2) is 0 Å². The van der Waals surface area contributed by atoms with E-state index in [1.165, 1.54) is 0 Å². The molecule has 1 aromatic rings. The normalized spacial score (nSPS) is 19.8. The maximum Gasteiger partial charge on any atom is 0.246 e. The molecular formula is C24H34N2O5. The number of β-amino-alcohol motifs (C(OH)–C–C–N with tert-alkyl or cyclic N) is 1. The first kappa shape index (κ1) is 23.4. The van der Waals surface area contributed by atoms with Gasteiger partial charge in [-0.2, -0.15) is 0 Å². The number of piperidine rings is 1. The van der Waals surface area contributed by atoms with Crippen molar-refractivity contribution in [1.82, 2.24) is 10.2 Å². The molecule has 2 heterocycles. The Hall–Kier alpha value is -2.27. The van der Waals surface area contributed by atoms with Gasteiger partial charge in [0, 0.05) is 43.2 Å². The summed E-state index contributed by atoms with van der Waals surface area (Å²) in [6.07, 6.45) is 1.07. The van der Waals surface area contributed by atoms with Gasteiger partial charge < -0.3 is 29.5 Å². The summed E-state index contributed by atoms with van der Waals surface area (Å²) in [6, 6.07) is 5.54. The zero-order valence-corrected chi connectivity index (χ0v) is 19.0. The average Bonchev–Trinajstić information content (AvgIpc) is 2.74. The summed E-state index contributed by atoms with van der Waals surface area (Å²) in [4.78, 5) is 13.5. The van der Waals surface area contributed by atoms with Crippen LogP contribution < -0.4 is 14.8 Å². The topological polar surface area (TPSA) is 80.3 Å². The van der Waals surface area contributed by atoms with E-state index >= 15 is 0 Å². The van der Waals surface area contributed by atoms with Crippen LogP contribution in [0.15, 0.2) is 18.2 Å². The van der Waals surface area contributed by atoms with Gasteiger partial charge in [-0.15, -0.1) is 0 Å². The number of hydrogen-bond donors (Lipinski definition) is 2. The molecule has 0 aliphatic carbocycles. The zero-order chi connectivity index (χ0) is 22.5. The number of likely N-dealkylation sites (tertiary alicyclic amines) is 1. The lowest BCUT2D eigenvalue weighted by molar-refractivity contribution is -0.150. The van der Waals surface area contributed by atoms with E-state index in [2.05, 4.69) is 42.8 Å². The highest BCUT2D eigenvalue weighted by atomic mass is 16.5. The quantitative estimate of drug-likeness (QED) is 0.670. The van der Waals surface area contributed by atoms with Crippen LogP contribution in [0.3, 0.4) is 0 Å². The molecule has 1 spiro atoms. The van der Waals surface area contributed by atoms with Crippen LogP contribution in [0.2, 0.25) is 0 Å². The minimum Gasteiger partial charge on any atom is -0.497 e. The molecule has 0 bridgehead atoms. The standard InChI is InChI=1S/C24H34N2O5/c1-23(2,3)6-5-18-11-20(29-4)13-21(12-18)30-15-19(27)14-26-9-7-24(8-10-26)17-25-22(28)16-31-24/h11-13,19,27H,7-10,14-17H2,1-4H3,(H,25,28). The van der Waals surface area contributed by atoms with Gasteiger partial charge >= 0.3 is 0 Å². The van der Waals surface area contributed by atoms with Gasteiger partial charge in [-0.3, -0.25) is 4.79 Å². The minimum atomic E-state index is -0.615. The fourth-order valence-electron chi connectivity index (χ4n) is 3.69. The van der Waals surface area contributed by atoms with Crippen molar-refractivity contribution in [3.63, 3.8) is 0 Å². The van der Waals surface area contributed by atoms with Crippen LogP contribution in [0, 0.1) is 17.3 Å². The third kappa shape index (κ3) is 7.13. The van der Waals surface area contributed by atoms with Crippen molar-refractivity contribution in [2.24, 2.45) is 5.41 Å². The van der Waals surface area contributed by atoms with Crippen molar-refractivity contribution in [2.75, 3.05) is 46.5 Å². The number of nitrogens with zero attached hydrogens (tertiary/aromatic N) is 1. The molecule has 1 aromatic carbocycles. The lowest BCUT2D eigenvalue weighted by Crippen LogP contribution is -2.58. The Balaban J connectivity index is 1.50. The van der Waals surface area contributed by atoms with Crippen molar-refractivity contribution < 1.29 is 24.1 Å². The summed E-state index contributed by atoms with van der Waals surface area (Å²) in [5.41, 5.74) is 0.470. The van der Waals surface area contributed by atoms with Gasteiger partial charge in [-0.05, 0) is 45.7 Å². The molecule has 0 radical (unpaired) electrons. The first-order chi connectivity index (χ1) is 14.7. The third-order valence-corrected chi connectivity index (χ3v) is 5.49. The molecule has 7 heteroatoms. The first-order valence-electron chi connectivity index (χ1n) is 10.8. The monoisotopic (exact) mass is 430 g/mol. The summed E-state index contributed by atoms with van der Waals surface area (Å²) in [5.74, 6) is 7.63. The van der Waals surface area contributed by atoms with Crippen LogP contribution in [0.25, 0.3) is 0 Å². The Morgan fingerprint density at radius 3 is 2.58 bits per heavy atom. The number of benzene rings is 1. The Bertz CT molecular complexity index is 817. The van der Waals surface area contributed by atoms with Crippen LogP contribution in [-0.4, -0.2) is 74.1 Å². The zero-order valence-electron chi connectivity index (χ0n) is 19.0. The molecular weight excluding hydrogens is 396 g/mol. The van der Waals surface area contributed by atoms with Crippen molar-refractivity contribution >= 4 is 5.91 Å². The second-order valence-electron chi connectivity index (χ2n) is 9.41. The van der Waals surface area contributed by atoms with E-state index in [-0.39, 0.29) is 30.1 Å². The largest absolute Gasteiger partial charge is 0.497 e. The van der Waals surface area contributed by atoms with E-state index in [1.54, 1.807) is 13.2 Å². The molecule has 2 aliphatic rings. The number of methoxy groups -OCH3 is 1. The SMILES string of the molecule is COc1cc(C#CC(C)(C)C)cc(OCC(O)CN2CCC3(CC2)CNC(=O)CO3)c1. The molecule has 0 aromatic heterocycles. The van der Waals surface area contributed by atoms with Crippen molar-refractivity contribution in [3.05, 3.63) is 23.8 Å². The lowest BCUT2D eigenvalue weighted by Gasteiger charge is -2.44. The highest BCUT2D eigenvalue weighted by Gasteiger charge is 2.39. The smallest absolute Gasteiger partial charge is 0.246 e. The maximum atomic E-state index is 11.3. The van der Waals surface area contributed by atoms with E-state index in [1.807, 2.05) is 12.1 Å². The number of carbonyl (C=O) groups is 1. The Kier molecular flexibility index (Phi) is 7.47. The van der Waals surface area contributed by atoms with Gasteiger partial charge in [0.25, 0.3) is 0 Å². The van der Waals surface area contributed by atoms with Gasteiger partial charge in [0.2, 0.25) is 5.91 Å². The fourth-order valence-corrected chi connectivity index (χ4v) is 3.69.